The smallest absolute Gasteiger partial charge is 0.224 e. The average molecular weight is 368 g/mol. The molecule has 0 unspecified atom stereocenters. The number of carbonyl (C=O) groups is 2. The van der Waals surface area contributed by atoms with Gasteiger partial charge in [-0.25, -0.2) is 0 Å². The van der Waals surface area contributed by atoms with Gasteiger partial charge in [0.2, 0.25) is 5.91 Å². The number of nitrogens with zero attached hydrogens (tertiary/aromatic N) is 2. The standard InChI is InChI=1S/C22H28N2O3/c1-13-16-11-23(3)9-8-22-18-6-4-5-7-19(18)24(14(2)25)21(22)17(12-27-13)15(16)10-20(22)26/h4-7,13,15-17,21H,8-12H2,1-3H3/t13-,15+,16+,17-,21-,22+/m0/s1. The van der Waals surface area contributed by atoms with Gasteiger partial charge in [-0.2, -0.15) is 0 Å². The number of benzene rings is 1. The third-order valence-corrected chi connectivity index (χ3v) is 7.76. The predicted molar refractivity (Wildman–Crippen MR) is 103 cm³/mol. The van der Waals surface area contributed by atoms with Crippen LogP contribution in [0.3, 0.4) is 0 Å². The molecule has 0 radical (unpaired) electrons. The molecule has 5 rings (SSSR count). The van der Waals surface area contributed by atoms with Crippen molar-refractivity contribution in [2.75, 3.05) is 31.6 Å². The first-order chi connectivity index (χ1) is 12.9. The van der Waals surface area contributed by atoms with Crippen LogP contribution in [0.5, 0.6) is 0 Å². The van der Waals surface area contributed by atoms with E-state index in [4.69, 9.17) is 4.74 Å². The lowest BCUT2D eigenvalue weighted by molar-refractivity contribution is -0.146. The fraction of sp³-hybridized carbons (Fsp3) is 0.636. The Hall–Kier alpha value is -1.72. The lowest BCUT2D eigenvalue weighted by Gasteiger charge is -2.53. The molecule has 3 fully saturated rings. The van der Waals surface area contributed by atoms with Crippen LogP contribution in [-0.2, 0) is 19.7 Å². The van der Waals surface area contributed by atoms with Crippen molar-refractivity contribution in [2.24, 2.45) is 17.8 Å². The molecule has 1 amide bonds. The molecule has 1 aromatic carbocycles. The molecule has 1 spiro atoms. The van der Waals surface area contributed by atoms with Gasteiger partial charge >= 0.3 is 0 Å². The SMILES string of the molecule is CC(=O)N1c2ccccc2[C@]23CCN(C)C[C@H]4[C@@H](CC2=O)[C@H](CO[C@H]4C)[C@H]13. The fourth-order valence-corrected chi connectivity index (χ4v) is 6.55. The fourth-order valence-electron chi connectivity index (χ4n) is 6.55. The number of ketones is 1. The molecule has 6 atom stereocenters. The van der Waals surface area contributed by atoms with Crippen LogP contribution in [-0.4, -0.2) is 55.5 Å². The number of rotatable bonds is 0. The quantitative estimate of drug-likeness (QED) is 0.705. The molecule has 3 aliphatic heterocycles. The van der Waals surface area contributed by atoms with Crippen LogP contribution >= 0.6 is 0 Å². The Balaban J connectivity index is 1.75. The highest BCUT2D eigenvalue weighted by molar-refractivity contribution is 6.04. The normalized spacial score (nSPS) is 40.8. The number of fused-ring (bicyclic) bond motifs is 3. The van der Waals surface area contributed by atoms with E-state index in [1.165, 1.54) is 0 Å². The summed E-state index contributed by atoms with van der Waals surface area (Å²) in [5.41, 5.74) is 1.40. The number of para-hydroxylation sites is 1. The summed E-state index contributed by atoms with van der Waals surface area (Å²) >= 11 is 0. The molecular weight excluding hydrogens is 340 g/mol. The molecule has 5 nitrogen and oxygen atoms in total. The van der Waals surface area contributed by atoms with Crippen molar-refractivity contribution in [1.82, 2.24) is 4.90 Å². The summed E-state index contributed by atoms with van der Waals surface area (Å²) < 4.78 is 6.23. The van der Waals surface area contributed by atoms with Crippen molar-refractivity contribution in [1.29, 1.82) is 0 Å². The molecule has 0 aromatic heterocycles. The molecule has 0 N–H and O–H groups in total. The minimum Gasteiger partial charge on any atom is -0.378 e. The Bertz CT molecular complexity index is 809. The highest BCUT2D eigenvalue weighted by Gasteiger charge is 2.65. The second kappa shape index (κ2) is 5.89. The molecule has 4 aliphatic rings. The van der Waals surface area contributed by atoms with E-state index >= 15 is 0 Å². The molecule has 3 heterocycles. The number of Topliss-reactive ketones (excluding diaryl/α,β-unsaturated/α-hetero) is 1. The van der Waals surface area contributed by atoms with E-state index in [1.807, 2.05) is 23.1 Å². The van der Waals surface area contributed by atoms with Crippen molar-refractivity contribution in [2.45, 2.75) is 44.2 Å². The first-order valence-electron chi connectivity index (χ1n) is 10.2. The molecule has 144 valence electrons. The molecule has 5 heteroatoms. The van der Waals surface area contributed by atoms with Gasteiger partial charge in [0.15, 0.2) is 0 Å². The summed E-state index contributed by atoms with van der Waals surface area (Å²) in [5, 5.41) is 0. The van der Waals surface area contributed by atoms with Gasteiger partial charge in [0.25, 0.3) is 0 Å². The van der Waals surface area contributed by atoms with E-state index in [1.54, 1.807) is 6.92 Å². The zero-order chi connectivity index (χ0) is 18.9. The van der Waals surface area contributed by atoms with E-state index in [0.29, 0.717) is 24.7 Å². The van der Waals surface area contributed by atoms with Crippen LogP contribution < -0.4 is 4.90 Å². The minimum absolute atomic E-state index is 0.0329. The molecule has 2 bridgehead atoms. The van der Waals surface area contributed by atoms with Gasteiger partial charge in [0, 0.05) is 37.4 Å². The Morgan fingerprint density at radius 1 is 1.22 bits per heavy atom. The lowest BCUT2D eigenvalue weighted by Crippen LogP contribution is -2.64. The maximum atomic E-state index is 13.8. The van der Waals surface area contributed by atoms with Crippen molar-refractivity contribution < 1.29 is 14.3 Å². The second-order valence-corrected chi connectivity index (χ2v) is 8.99. The first kappa shape index (κ1) is 17.4. The van der Waals surface area contributed by atoms with Gasteiger partial charge in [-0.15, -0.1) is 0 Å². The van der Waals surface area contributed by atoms with E-state index in [2.05, 4.69) is 24.9 Å². The summed E-state index contributed by atoms with van der Waals surface area (Å²) in [6, 6.07) is 7.96. The number of amides is 1. The lowest BCUT2D eigenvalue weighted by atomic mass is 9.55. The number of hydrogen-bond donors (Lipinski definition) is 0. The molecule has 27 heavy (non-hydrogen) atoms. The maximum Gasteiger partial charge on any atom is 0.224 e. The average Bonchev–Trinajstić information content (AvgIpc) is 2.97. The largest absolute Gasteiger partial charge is 0.378 e. The van der Waals surface area contributed by atoms with Crippen molar-refractivity contribution in [3.8, 4) is 0 Å². The summed E-state index contributed by atoms with van der Waals surface area (Å²) in [6.45, 7) is 6.25. The molecular formula is C22H28N2O3. The summed E-state index contributed by atoms with van der Waals surface area (Å²) in [6.07, 6.45) is 1.55. The van der Waals surface area contributed by atoms with Crippen molar-refractivity contribution in [3.05, 3.63) is 29.8 Å². The second-order valence-electron chi connectivity index (χ2n) is 8.99. The van der Waals surface area contributed by atoms with Crippen molar-refractivity contribution in [3.63, 3.8) is 0 Å². The summed E-state index contributed by atoms with van der Waals surface area (Å²) in [7, 11) is 2.15. The Morgan fingerprint density at radius 3 is 2.78 bits per heavy atom. The van der Waals surface area contributed by atoms with Crippen LogP contribution in [0.1, 0.15) is 32.3 Å². The summed E-state index contributed by atoms with van der Waals surface area (Å²) in [5.74, 6) is 1.21. The van der Waals surface area contributed by atoms with Gasteiger partial charge < -0.3 is 14.5 Å². The van der Waals surface area contributed by atoms with Crippen LogP contribution in [0.2, 0.25) is 0 Å². The number of carbonyl (C=O) groups excluding carboxylic acids is 2. The minimum atomic E-state index is -0.587. The van der Waals surface area contributed by atoms with E-state index in [-0.39, 0.29) is 29.9 Å². The molecule has 1 aromatic rings. The van der Waals surface area contributed by atoms with Crippen LogP contribution in [0.4, 0.5) is 5.69 Å². The third-order valence-electron chi connectivity index (χ3n) is 7.76. The number of ether oxygens (including phenoxy) is 1. The first-order valence-corrected chi connectivity index (χ1v) is 10.2. The monoisotopic (exact) mass is 368 g/mol. The van der Waals surface area contributed by atoms with E-state index < -0.39 is 5.41 Å². The highest BCUT2D eigenvalue weighted by atomic mass is 16.5. The Labute approximate surface area is 160 Å². The molecule has 1 saturated carbocycles. The highest BCUT2D eigenvalue weighted by Crippen LogP contribution is 2.58. The van der Waals surface area contributed by atoms with Gasteiger partial charge in [-0.05, 0) is 44.5 Å². The van der Waals surface area contributed by atoms with E-state index in [9.17, 15) is 9.59 Å². The van der Waals surface area contributed by atoms with E-state index in [0.717, 1.165) is 30.8 Å². The molecule has 2 saturated heterocycles. The van der Waals surface area contributed by atoms with Crippen LogP contribution in [0, 0.1) is 17.8 Å². The third kappa shape index (κ3) is 2.18. The maximum absolute atomic E-state index is 13.8. The zero-order valence-corrected chi connectivity index (χ0v) is 16.4. The Morgan fingerprint density at radius 2 is 2.00 bits per heavy atom. The van der Waals surface area contributed by atoms with Crippen molar-refractivity contribution >= 4 is 17.4 Å². The van der Waals surface area contributed by atoms with Gasteiger partial charge in [-0.3, -0.25) is 9.59 Å². The van der Waals surface area contributed by atoms with Gasteiger partial charge in [0.05, 0.1) is 24.2 Å². The number of anilines is 1. The van der Waals surface area contributed by atoms with Crippen LogP contribution in [0.15, 0.2) is 24.3 Å². The predicted octanol–water partition coefficient (Wildman–Crippen LogP) is 2.24. The van der Waals surface area contributed by atoms with Crippen LogP contribution in [0.25, 0.3) is 0 Å². The topological polar surface area (TPSA) is 49.9 Å². The molecule has 1 aliphatic carbocycles. The Kier molecular flexibility index (Phi) is 3.79. The van der Waals surface area contributed by atoms with Gasteiger partial charge in [-0.1, -0.05) is 18.2 Å². The summed E-state index contributed by atoms with van der Waals surface area (Å²) in [4.78, 5) is 30.8. The number of hydrogen-bond acceptors (Lipinski definition) is 4. The van der Waals surface area contributed by atoms with Gasteiger partial charge in [0.1, 0.15) is 5.78 Å². The zero-order valence-electron chi connectivity index (χ0n) is 16.4.